The number of carbonyl (C=O) groups is 1. The van der Waals surface area contributed by atoms with Crippen molar-refractivity contribution in [3.8, 4) is 0 Å². The van der Waals surface area contributed by atoms with Crippen molar-refractivity contribution in [3.05, 3.63) is 35.4 Å². The van der Waals surface area contributed by atoms with Crippen LogP contribution in [0.5, 0.6) is 0 Å². The van der Waals surface area contributed by atoms with Gasteiger partial charge in [-0.25, -0.2) is 4.79 Å². The number of hydrogen-bond donors (Lipinski definition) is 2. The number of nitrogens with zero attached hydrogens (tertiary/aromatic N) is 1. The molecule has 0 radical (unpaired) electrons. The molecule has 1 amide bonds. The van der Waals surface area contributed by atoms with Crippen molar-refractivity contribution in [2.45, 2.75) is 52.3 Å². The number of rotatable bonds is 7. The summed E-state index contributed by atoms with van der Waals surface area (Å²) in [6.45, 7) is 9.63. The number of aryl methyl sites for hydroxylation is 1. The number of alkyl carbamates (subject to hydrolysis) is 1. The average Bonchev–Trinajstić information content (AvgIpc) is 2.44. The highest BCUT2D eigenvalue weighted by Crippen LogP contribution is 2.12. The zero-order valence-electron chi connectivity index (χ0n) is 15.1. The molecule has 0 aliphatic carbocycles. The minimum absolute atomic E-state index is 0.213. The zero-order chi connectivity index (χ0) is 17.5. The van der Waals surface area contributed by atoms with Gasteiger partial charge in [0.15, 0.2) is 0 Å². The molecule has 1 aromatic carbocycles. The summed E-state index contributed by atoms with van der Waals surface area (Å²) < 4.78 is 5.23. The highest BCUT2D eigenvalue weighted by Gasteiger charge is 2.17. The number of hydrogen-bond acceptors (Lipinski definition) is 4. The number of likely N-dealkylation sites (N-methyl/N-ethyl adjacent to an activating group) is 1. The van der Waals surface area contributed by atoms with E-state index in [4.69, 9.17) is 10.5 Å². The van der Waals surface area contributed by atoms with E-state index in [1.165, 1.54) is 11.1 Å². The summed E-state index contributed by atoms with van der Waals surface area (Å²) in [7, 11) is 2.07. The Bertz CT molecular complexity index is 497. The molecule has 5 heteroatoms. The van der Waals surface area contributed by atoms with Gasteiger partial charge in [0.25, 0.3) is 0 Å². The molecule has 1 atom stereocenters. The highest BCUT2D eigenvalue weighted by atomic mass is 16.6. The van der Waals surface area contributed by atoms with E-state index < -0.39 is 5.60 Å². The lowest BCUT2D eigenvalue weighted by Crippen LogP contribution is -2.41. The Morgan fingerprint density at radius 3 is 2.57 bits per heavy atom. The van der Waals surface area contributed by atoms with E-state index in [1.807, 2.05) is 26.8 Å². The lowest BCUT2D eigenvalue weighted by Gasteiger charge is -2.28. The molecule has 5 nitrogen and oxygen atoms in total. The smallest absolute Gasteiger partial charge is 0.407 e. The first-order valence-corrected chi connectivity index (χ1v) is 8.14. The molecule has 1 unspecified atom stereocenters. The first kappa shape index (κ1) is 19.5. The molecule has 0 spiro atoms. The van der Waals surface area contributed by atoms with Crippen molar-refractivity contribution < 1.29 is 9.53 Å². The Labute approximate surface area is 140 Å². The van der Waals surface area contributed by atoms with Gasteiger partial charge in [-0.15, -0.1) is 0 Å². The van der Waals surface area contributed by atoms with Gasteiger partial charge in [-0.2, -0.15) is 0 Å². The van der Waals surface area contributed by atoms with Gasteiger partial charge in [-0.1, -0.05) is 24.3 Å². The lowest BCUT2D eigenvalue weighted by atomic mass is 10.1. The van der Waals surface area contributed by atoms with E-state index in [2.05, 4.69) is 42.4 Å². The second-order valence-electron chi connectivity index (χ2n) is 6.95. The van der Waals surface area contributed by atoms with Gasteiger partial charge in [0.2, 0.25) is 0 Å². The largest absolute Gasteiger partial charge is 0.444 e. The first-order valence-electron chi connectivity index (χ1n) is 8.14. The zero-order valence-corrected chi connectivity index (χ0v) is 15.1. The molecule has 0 saturated carbocycles. The predicted molar refractivity (Wildman–Crippen MR) is 94.3 cm³/mol. The van der Waals surface area contributed by atoms with Crippen LogP contribution in [0.1, 0.15) is 38.3 Å². The Morgan fingerprint density at radius 2 is 2.00 bits per heavy atom. The average molecular weight is 321 g/mol. The summed E-state index contributed by atoms with van der Waals surface area (Å²) >= 11 is 0. The second-order valence-corrected chi connectivity index (χ2v) is 6.95. The van der Waals surface area contributed by atoms with Crippen LogP contribution < -0.4 is 11.1 Å². The normalized spacial score (nSPS) is 13.0. The van der Waals surface area contributed by atoms with Crippen LogP contribution in [0.4, 0.5) is 4.79 Å². The van der Waals surface area contributed by atoms with E-state index >= 15 is 0 Å². The Hall–Kier alpha value is -1.59. The Balaban J connectivity index is 2.44. The third kappa shape index (κ3) is 7.48. The molecule has 1 aromatic rings. The number of nitrogens with two attached hydrogens (primary N) is 1. The minimum atomic E-state index is -0.473. The van der Waals surface area contributed by atoms with E-state index in [1.54, 1.807) is 0 Å². The minimum Gasteiger partial charge on any atom is -0.444 e. The molecule has 0 heterocycles. The summed E-state index contributed by atoms with van der Waals surface area (Å²) in [4.78, 5) is 13.9. The SMILES string of the molecule is Cc1ccccc1CN(C)C(CN)CCNC(=O)OC(C)(C)C. The van der Waals surface area contributed by atoms with Crippen molar-refractivity contribution in [2.24, 2.45) is 5.73 Å². The molecule has 0 aromatic heterocycles. The molecule has 23 heavy (non-hydrogen) atoms. The second kappa shape index (κ2) is 8.89. The van der Waals surface area contributed by atoms with Gasteiger partial charge in [-0.05, 0) is 52.3 Å². The van der Waals surface area contributed by atoms with Crippen LogP contribution in [0.15, 0.2) is 24.3 Å². The molecule has 3 N–H and O–H groups in total. The van der Waals surface area contributed by atoms with Gasteiger partial charge < -0.3 is 15.8 Å². The van der Waals surface area contributed by atoms with E-state index in [9.17, 15) is 4.79 Å². The van der Waals surface area contributed by atoms with Crippen molar-refractivity contribution >= 4 is 6.09 Å². The maximum Gasteiger partial charge on any atom is 0.407 e. The summed E-state index contributed by atoms with van der Waals surface area (Å²) in [6, 6.07) is 8.56. The summed E-state index contributed by atoms with van der Waals surface area (Å²) in [6.07, 6.45) is 0.410. The van der Waals surface area contributed by atoms with Crippen LogP contribution in [-0.4, -0.2) is 42.8 Å². The van der Waals surface area contributed by atoms with Crippen LogP contribution in [0.25, 0.3) is 0 Å². The van der Waals surface area contributed by atoms with E-state index in [-0.39, 0.29) is 12.1 Å². The topological polar surface area (TPSA) is 67.6 Å². The molecule has 0 aliphatic heterocycles. The third-order valence-corrected chi connectivity index (χ3v) is 3.72. The van der Waals surface area contributed by atoms with Crippen LogP contribution in [0.2, 0.25) is 0 Å². The fourth-order valence-electron chi connectivity index (χ4n) is 2.36. The number of amides is 1. The van der Waals surface area contributed by atoms with Crippen LogP contribution in [-0.2, 0) is 11.3 Å². The quantitative estimate of drug-likeness (QED) is 0.810. The van der Waals surface area contributed by atoms with Gasteiger partial charge in [-0.3, -0.25) is 4.90 Å². The van der Waals surface area contributed by atoms with Gasteiger partial charge >= 0.3 is 6.09 Å². The fraction of sp³-hybridized carbons (Fsp3) is 0.611. The number of ether oxygens (including phenoxy) is 1. The van der Waals surface area contributed by atoms with Crippen LogP contribution in [0.3, 0.4) is 0 Å². The maximum absolute atomic E-state index is 11.7. The van der Waals surface area contributed by atoms with E-state index in [0.717, 1.165) is 13.0 Å². The maximum atomic E-state index is 11.7. The molecular weight excluding hydrogens is 290 g/mol. The standard InChI is InChI=1S/C18H31N3O2/c1-14-8-6-7-9-15(14)13-21(5)16(12-19)10-11-20-17(22)23-18(2,3)4/h6-9,16H,10-13,19H2,1-5H3,(H,20,22). The monoisotopic (exact) mass is 321 g/mol. The number of nitrogens with one attached hydrogen (secondary N) is 1. The molecule has 0 saturated heterocycles. The first-order chi connectivity index (χ1) is 10.7. The molecule has 0 fully saturated rings. The lowest BCUT2D eigenvalue weighted by molar-refractivity contribution is 0.0522. The molecule has 1 rings (SSSR count). The summed E-state index contributed by atoms with van der Waals surface area (Å²) in [5.74, 6) is 0. The summed E-state index contributed by atoms with van der Waals surface area (Å²) in [5, 5.41) is 2.79. The van der Waals surface area contributed by atoms with Crippen molar-refractivity contribution in [3.63, 3.8) is 0 Å². The van der Waals surface area contributed by atoms with Crippen LogP contribution in [0, 0.1) is 6.92 Å². The number of benzene rings is 1. The predicted octanol–water partition coefficient (Wildman–Crippen LogP) is 2.67. The van der Waals surface area contributed by atoms with Crippen molar-refractivity contribution in [1.82, 2.24) is 10.2 Å². The van der Waals surface area contributed by atoms with Crippen molar-refractivity contribution in [1.29, 1.82) is 0 Å². The van der Waals surface area contributed by atoms with Crippen LogP contribution >= 0.6 is 0 Å². The molecule has 0 aliphatic rings. The van der Waals surface area contributed by atoms with Gasteiger partial charge in [0.1, 0.15) is 5.60 Å². The summed E-state index contributed by atoms with van der Waals surface area (Å²) in [5.41, 5.74) is 8.00. The molecular formula is C18H31N3O2. The fourth-order valence-corrected chi connectivity index (χ4v) is 2.36. The number of carbonyl (C=O) groups excluding carboxylic acids is 1. The molecule has 0 bridgehead atoms. The molecule has 130 valence electrons. The van der Waals surface area contributed by atoms with Crippen molar-refractivity contribution in [2.75, 3.05) is 20.1 Å². The van der Waals surface area contributed by atoms with Gasteiger partial charge in [0, 0.05) is 25.7 Å². The van der Waals surface area contributed by atoms with Gasteiger partial charge in [0.05, 0.1) is 0 Å². The third-order valence-electron chi connectivity index (χ3n) is 3.72. The Kier molecular flexibility index (Phi) is 7.52. The van der Waals surface area contributed by atoms with E-state index in [0.29, 0.717) is 13.1 Å². The Morgan fingerprint density at radius 1 is 1.35 bits per heavy atom. The highest BCUT2D eigenvalue weighted by molar-refractivity contribution is 5.67.